The Kier molecular flexibility index (Phi) is 3.01. The van der Waals surface area contributed by atoms with Gasteiger partial charge in [-0.1, -0.05) is 0 Å². The highest BCUT2D eigenvalue weighted by atomic mass is 16.5. The van der Waals surface area contributed by atoms with E-state index in [0.717, 1.165) is 16.5 Å². The molecule has 0 aliphatic rings. The van der Waals surface area contributed by atoms with E-state index in [4.69, 9.17) is 15.3 Å². The van der Waals surface area contributed by atoms with Gasteiger partial charge in [0, 0.05) is 11.5 Å². The Morgan fingerprint density at radius 2 is 1.76 bits per heavy atom. The largest absolute Gasteiger partial charge is 0.493 e. The minimum Gasteiger partial charge on any atom is -0.493 e. The van der Waals surface area contributed by atoms with Crippen molar-refractivity contribution in [3.63, 3.8) is 0 Å². The number of rotatable bonds is 3. The third-order valence-corrected chi connectivity index (χ3v) is 2.65. The van der Waals surface area contributed by atoms with Gasteiger partial charge in [0.15, 0.2) is 11.5 Å². The second-order valence-electron chi connectivity index (χ2n) is 3.70. The van der Waals surface area contributed by atoms with Crippen molar-refractivity contribution in [2.75, 3.05) is 19.6 Å². The first-order valence-corrected chi connectivity index (χ1v) is 5.19. The van der Waals surface area contributed by atoms with E-state index in [-0.39, 0.29) is 0 Å². The van der Waals surface area contributed by atoms with E-state index >= 15 is 0 Å². The standard InChI is InChI=1S/C12H15N3O2/c1-7-4-8-5-10(16-2)11(17-3)6-9(8)14-12(7)15-13/h4-6H,13H2,1-3H3,(H,14,15). The van der Waals surface area contributed by atoms with Gasteiger partial charge in [-0.15, -0.1) is 0 Å². The number of pyridine rings is 1. The molecule has 5 heteroatoms. The van der Waals surface area contributed by atoms with Crippen molar-refractivity contribution in [2.45, 2.75) is 6.92 Å². The van der Waals surface area contributed by atoms with Gasteiger partial charge in [0.05, 0.1) is 19.7 Å². The van der Waals surface area contributed by atoms with Gasteiger partial charge in [-0.2, -0.15) is 0 Å². The van der Waals surface area contributed by atoms with Crippen molar-refractivity contribution >= 4 is 16.7 Å². The number of nitrogen functional groups attached to an aromatic ring is 1. The van der Waals surface area contributed by atoms with E-state index in [0.29, 0.717) is 17.3 Å². The summed E-state index contributed by atoms with van der Waals surface area (Å²) in [6.45, 7) is 1.94. The summed E-state index contributed by atoms with van der Waals surface area (Å²) in [5.74, 6) is 7.40. The minimum atomic E-state index is 0.652. The molecule has 3 N–H and O–H groups in total. The first kappa shape index (κ1) is 11.5. The number of nitrogens with one attached hydrogen (secondary N) is 1. The molecule has 2 aromatic rings. The first-order chi connectivity index (χ1) is 8.19. The fraction of sp³-hybridized carbons (Fsp3) is 0.250. The minimum absolute atomic E-state index is 0.652. The number of nitrogens with zero attached hydrogens (tertiary/aromatic N) is 1. The van der Waals surface area contributed by atoms with Crippen LogP contribution in [0, 0.1) is 6.92 Å². The zero-order valence-electron chi connectivity index (χ0n) is 10.1. The molecule has 1 heterocycles. The average molecular weight is 233 g/mol. The maximum Gasteiger partial charge on any atom is 0.162 e. The highest BCUT2D eigenvalue weighted by Gasteiger charge is 2.08. The summed E-state index contributed by atoms with van der Waals surface area (Å²) in [6.07, 6.45) is 0. The third kappa shape index (κ3) is 1.97. The number of hydrogen-bond donors (Lipinski definition) is 2. The number of hydrazine groups is 1. The van der Waals surface area contributed by atoms with Crippen LogP contribution in [0.5, 0.6) is 11.5 Å². The maximum atomic E-state index is 5.40. The predicted molar refractivity (Wildman–Crippen MR) is 67.4 cm³/mol. The predicted octanol–water partition coefficient (Wildman–Crippen LogP) is 1.85. The van der Waals surface area contributed by atoms with Gasteiger partial charge in [-0.05, 0) is 24.6 Å². The summed E-state index contributed by atoms with van der Waals surface area (Å²) >= 11 is 0. The van der Waals surface area contributed by atoms with Crippen LogP contribution >= 0.6 is 0 Å². The van der Waals surface area contributed by atoms with Crippen LogP contribution in [0.1, 0.15) is 5.56 Å². The third-order valence-electron chi connectivity index (χ3n) is 2.65. The lowest BCUT2D eigenvalue weighted by molar-refractivity contribution is 0.356. The Hall–Kier alpha value is -2.01. The Balaban J connectivity index is 2.70. The van der Waals surface area contributed by atoms with Crippen LogP contribution in [-0.4, -0.2) is 19.2 Å². The first-order valence-electron chi connectivity index (χ1n) is 5.19. The van der Waals surface area contributed by atoms with Gasteiger partial charge in [0.1, 0.15) is 5.82 Å². The quantitative estimate of drug-likeness (QED) is 0.625. The van der Waals surface area contributed by atoms with Crippen molar-refractivity contribution in [1.29, 1.82) is 0 Å². The molecule has 0 aliphatic heterocycles. The van der Waals surface area contributed by atoms with Gasteiger partial charge >= 0.3 is 0 Å². The molecule has 0 saturated carbocycles. The van der Waals surface area contributed by atoms with Crippen molar-refractivity contribution in [1.82, 2.24) is 4.98 Å². The molecular formula is C12H15N3O2. The highest BCUT2D eigenvalue weighted by molar-refractivity contribution is 5.85. The van der Waals surface area contributed by atoms with Crippen LogP contribution in [0.15, 0.2) is 18.2 Å². The van der Waals surface area contributed by atoms with Crippen molar-refractivity contribution in [3.05, 3.63) is 23.8 Å². The molecule has 0 fully saturated rings. The zero-order chi connectivity index (χ0) is 12.4. The summed E-state index contributed by atoms with van der Waals surface area (Å²) in [6, 6.07) is 5.72. The smallest absolute Gasteiger partial charge is 0.162 e. The van der Waals surface area contributed by atoms with Crippen LogP contribution in [0.4, 0.5) is 5.82 Å². The molecule has 0 unspecified atom stereocenters. The number of aryl methyl sites for hydroxylation is 1. The van der Waals surface area contributed by atoms with Crippen LogP contribution in [0.2, 0.25) is 0 Å². The molecule has 0 spiro atoms. The molecule has 0 saturated heterocycles. The van der Waals surface area contributed by atoms with Gasteiger partial charge in [0.25, 0.3) is 0 Å². The van der Waals surface area contributed by atoms with E-state index < -0.39 is 0 Å². The highest BCUT2D eigenvalue weighted by Crippen LogP contribution is 2.32. The number of fused-ring (bicyclic) bond motifs is 1. The number of benzene rings is 1. The molecule has 17 heavy (non-hydrogen) atoms. The molecule has 0 amide bonds. The Bertz CT molecular complexity index is 555. The normalized spacial score (nSPS) is 10.4. The van der Waals surface area contributed by atoms with Crippen LogP contribution < -0.4 is 20.7 Å². The van der Waals surface area contributed by atoms with Crippen LogP contribution in [0.25, 0.3) is 10.9 Å². The van der Waals surface area contributed by atoms with Gasteiger partial charge in [0.2, 0.25) is 0 Å². The van der Waals surface area contributed by atoms with Gasteiger partial charge in [-0.3, -0.25) is 0 Å². The molecule has 5 nitrogen and oxygen atoms in total. The summed E-state index contributed by atoms with van der Waals surface area (Å²) in [5, 5.41) is 0.985. The molecule has 0 aliphatic carbocycles. The molecule has 0 bridgehead atoms. The number of methoxy groups -OCH3 is 2. The summed E-state index contributed by atoms with van der Waals surface area (Å²) in [7, 11) is 3.21. The number of hydrogen-bond acceptors (Lipinski definition) is 5. The molecular weight excluding hydrogens is 218 g/mol. The van der Waals surface area contributed by atoms with E-state index in [1.54, 1.807) is 14.2 Å². The molecule has 1 aromatic carbocycles. The van der Waals surface area contributed by atoms with Crippen molar-refractivity contribution in [3.8, 4) is 11.5 Å². The van der Waals surface area contributed by atoms with Crippen LogP contribution in [0.3, 0.4) is 0 Å². The summed E-state index contributed by atoms with van der Waals surface area (Å²) in [5.41, 5.74) is 4.36. The van der Waals surface area contributed by atoms with E-state index in [9.17, 15) is 0 Å². The van der Waals surface area contributed by atoms with E-state index in [1.165, 1.54) is 0 Å². The molecule has 0 atom stereocenters. The molecule has 0 radical (unpaired) electrons. The van der Waals surface area contributed by atoms with Crippen molar-refractivity contribution < 1.29 is 9.47 Å². The lowest BCUT2D eigenvalue weighted by Crippen LogP contribution is -2.10. The van der Waals surface area contributed by atoms with Gasteiger partial charge < -0.3 is 14.9 Å². The summed E-state index contributed by atoms with van der Waals surface area (Å²) in [4.78, 5) is 4.41. The number of anilines is 1. The zero-order valence-corrected chi connectivity index (χ0v) is 10.1. The lowest BCUT2D eigenvalue weighted by atomic mass is 10.1. The topological polar surface area (TPSA) is 69.4 Å². The molecule has 90 valence electrons. The van der Waals surface area contributed by atoms with Gasteiger partial charge in [-0.25, -0.2) is 10.8 Å². The Morgan fingerprint density at radius 1 is 1.12 bits per heavy atom. The SMILES string of the molecule is COc1cc2cc(C)c(NN)nc2cc1OC. The Morgan fingerprint density at radius 3 is 2.35 bits per heavy atom. The fourth-order valence-electron chi connectivity index (χ4n) is 1.75. The number of nitrogens with two attached hydrogens (primary N) is 1. The van der Waals surface area contributed by atoms with Crippen molar-refractivity contribution in [2.24, 2.45) is 5.84 Å². The average Bonchev–Trinajstić information content (AvgIpc) is 2.36. The van der Waals surface area contributed by atoms with Crippen LogP contribution in [-0.2, 0) is 0 Å². The maximum absolute atomic E-state index is 5.40. The molecule has 2 rings (SSSR count). The number of aromatic nitrogens is 1. The van der Waals surface area contributed by atoms with E-state index in [1.807, 2.05) is 25.1 Å². The van der Waals surface area contributed by atoms with E-state index in [2.05, 4.69) is 10.4 Å². The monoisotopic (exact) mass is 233 g/mol. The second-order valence-corrected chi connectivity index (χ2v) is 3.70. The number of ether oxygens (including phenoxy) is 2. The summed E-state index contributed by atoms with van der Waals surface area (Å²) < 4.78 is 10.5. The second kappa shape index (κ2) is 4.47. The molecule has 1 aromatic heterocycles. The lowest BCUT2D eigenvalue weighted by Gasteiger charge is -2.11. The Labute approximate surface area is 99.5 Å². The fourth-order valence-corrected chi connectivity index (χ4v) is 1.75.